The fourth-order valence-electron chi connectivity index (χ4n) is 1.65. The predicted octanol–water partition coefficient (Wildman–Crippen LogP) is 2.98. The summed E-state index contributed by atoms with van der Waals surface area (Å²) in [5.74, 6) is -0.464. The van der Waals surface area contributed by atoms with Crippen LogP contribution < -0.4 is 0 Å². The summed E-state index contributed by atoms with van der Waals surface area (Å²) in [6.07, 6.45) is 0.995. The van der Waals surface area contributed by atoms with Gasteiger partial charge in [-0.3, -0.25) is 14.9 Å². The van der Waals surface area contributed by atoms with E-state index >= 15 is 0 Å². The number of rotatable bonds is 4. The molecule has 2 heterocycles. The topological polar surface area (TPSA) is 76.3 Å². The molecule has 0 spiro atoms. The normalized spacial score (nSPS) is 10.3. The molecule has 0 aliphatic carbocycles. The Bertz CT molecular complexity index is 645. The van der Waals surface area contributed by atoms with Gasteiger partial charge in [-0.1, -0.05) is 17.7 Å². The standard InChI is InChI=1S/C12H10ClN3O3S/c1-15(7-8-3-2-4-20-8)12(17)9-5-11(13)14-6-10(9)16(18)19/h2-6H,7H2,1H3. The first-order valence-corrected chi connectivity index (χ1v) is 6.82. The van der Waals surface area contributed by atoms with Crippen molar-refractivity contribution in [2.75, 3.05) is 7.05 Å². The maximum Gasteiger partial charge on any atom is 0.300 e. The lowest BCUT2D eigenvalue weighted by atomic mass is 10.2. The molecule has 0 radical (unpaired) electrons. The first-order chi connectivity index (χ1) is 9.49. The number of halogens is 1. The molecule has 0 unspecified atom stereocenters. The SMILES string of the molecule is CN(Cc1cccs1)C(=O)c1cc(Cl)ncc1[N+](=O)[O-]. The summed E-state index contributed by atoms with van der Waals surface area (Å²) in [7, 11) is 1.58. The Morgan fingerprint density at radius 3 is 2.95 bits per heavy atom. The van der Waals surface area contributed by atoms with Crippen molar-refractivity contribution in [3.63, 3.8) is 0 Å². The average molecular weight is 312 g/mol. The summed E-state index contributed by atoms with van der Waals surface area (Å²) in [6.45, 7) is 0.383. The number of thiophene rings is 1. The predicted molar refractivity (Wildman–Crippen MR) is 76.0 cm³/mol. The van der Waals surface area contributed by atoms with Crippen LogP contribution >= 0.6 is 22.9 Å². The van der Waals surface area contributed by atoms with Crippen LogP contribution in [-0.4, -0.2) is 27.8 Å². The minimum absolute atomic E-state index is 0.0449. The fourth-order valence-corrected chi connectivity index (χ4v) is 2.57. The summed E-state index contributed by atoms with van der Waals surface area (Å²) >= 11 is 7.22. The zero-order valence-electron chi connectivity index (χ0n) is 10.4. The monoisotopic (exact) mass is 311 g/mol. The van der Waals surface area contributed by atoms with Crippen LogP contribution in [0.25, 0.3) is 0 Å². The molecular formula is C12H10ClN3O3S. The van der Waals surface area contributed by atoms with Crippen molar-refractivity contribution in [3.8, 4) is 0 Å². The lowest BCUT2D eigenvalue weighted by Gasteiger charge is -2.16. The molecule has 0 bridgehead atoms. The van der Waals surface area contributed by atoms with E-state index in [1.54, 1.807) is 7.05 Å². The zero-order valence-corrected chi connectivity index (χ0v) is 12.0. The van der Waals surface area contributed by atoms with Crippen LogP contribution in [0.4, 0.5) is 5.69 Å². The van der Waals surface area contributed by atoms with E-state index < -0.39 is 10.8 Å². The van der Waals surface area contributed by atoms with Crippen LogP contribution in [0.3, 0.4) is 0 Å². The molecule has 0 fully saturated rings. The number of hydrogen-bond donors (Lipinski definition) is 0. The molecule has 1 amide bonds. The van der Waals surface area contributed by atoms with Crippen LogP contribution in [0.2, 0.25) is 5.15 Å². The maximum absolute atomic E-state index is 12.3. The van der Waals surface area contributed by atoms with Crippen LogP contribution in [0.15, 0.2) is 29.8 Å². The van der Waals surface area contributed by atoms with Gasteiger partial charge in [-0.25, -0.2) is 4.98 Å². The van der Waals surface area contributed by atoms with E-state index in [1.807, 2.05) is 17.5 Å². The van der Waals surface area contributed by atoms with Crippen molar-refractivity contribution in [3.05, 3.63) is 55.5 Å². The molecule has 0 N–H and O–H groups in total. The molecule has 6 nitrogen and oxygen atoms in total. The van der Waals surface area contributed by atoms with E-state index in [4.69, 9.17) is 11.6 Å². The molecule has 20 heavy (non-hydrogen) atoms. The summed E-state index contributed by atoms with van der Waals surface area (Å²) in [5, 5.41) is 12.9. The smallest absolute Gasteiger partial charge is 0.300 e. The third-order valence-corrected chi connectivity index (χ3v) is 3.66. The molecule has 0 saturated carbocycles. The Balaban J connectivity index is 2.28. The molecule has 0 aliphatic rings. The second-order valence-corrected chi connectivity index (χ2v) is 5.44. The van der Waals surface area contributed by atoms with Crippen LogP contribution in [0.5, 0.6) is 0 Å². The van der Waals surface area contributed by atoms with Crippen molar-refractivity contribution >= 4 is 34.5 Å². The van der Waals surface area contributed by atoms with Gasteiger partial charge < -0.3 is 4.90 Å². The second kappa shape index (κ2) is 5.98. The summed E-state index contributed by atoms with van der Waals surface area (Å²) < 4.78 is 0. The first-order valence-electron chi connectivity index (χ1n) is 5.57. The van der Waals surface area contributed by atoms with E-state index in [0.29, 0.717) is 6.54 Å². The third kappa shape index (κ3) is 3.12. The molecule has 104 valence electrons. The number of aromatic nitrogens is 1. The molecule has 0 aromatic carbocycles. The van der Waals surface area contributed by atoms with Gasteiger partial charge in [0.15, 0.2) is 0 Å². The van der Waals surface area contributed by atoms with Gasteiger partial charge in [0, 0.05) is 11.9 Å². The van der Waals surface area contributed by atoms with E-state index in [2.05, 4.69) is 4.98 Å². The highest BCUT2D eigenvalue weighted by Crippen LogP contribution is 2.22. The number of nitro groups is 1. The number of carbonyl (C=O) groups excluding carboxylic acids is 1. The average Bonchev–Trinajstić information content (AvgIpc) is 2.90. The van der Waals surface area contributed by atoms with Gasteiger partial charge in [-0.15, -0.1) is 11.3 Å². The molecule has 0 atom stereocenters. The highest BCUT2D eigenvalue weighted by atomic mass is 35.5. The minimum Gasteiger partial charge on any atom is -0.336 e. The second-order valence-electron chi connectivity index (χ2n) is 4.02. The van der Waals surface area contributed by atoms with Gasteiger partial charge in [0.2, 0.25) is 0 Å². The number of amides is 1. The number of pyridine rings is 1. The molecular weight excluding hydrogens is 302 g/mol. The lowest BCUT2D eigenvalue weighted by Crippen LogP contribution is -2.26. The quantitative estimate of drug-likeness (QED) is 0.494. The van der Waals surface area contributed by atoms with Crippen molar-refractivity contribution in [1.82, 2.24) is 9.88 Å². The summed E-state index contributed by atoms with van der Waals surface area (Å²) in [5.41, 5.74) is -0.411. The van der Waals surface area contributed by atoms with Crippen LogP contribution in [-0.2, 0) is 6.54 Å². The maximum atomic E-state index is 12.3. The fraction of sp³-hybridized carbons (Fsp3) is 0.167. The van der Waals surface area contributed by atoms with Gasteiger partial charge in [0.1, 0.15) is 16.9 Å². The van der Waals surface area contributed by atoms with Crippen LogP contribution in [0, 0.1) is 10.1 Å². The van der Waals surface area contributed by atoms with Crippen molar-refractivity contribution < 1.29 is 9.72 Å². The largest absolute Gasteiger partial charge is 0.336 e. The third-order valence-electron chi connectivity index (χ3n) is 2.60. The summed E-state index contributed by atoms with van der Waals surface area (Å²) in [6, 6.07) is 4.99. The Hall–Kier alpha value is -1.99. The Morgan fingerprint density at radius 2 is 2.35 bits per heavy atom. The Morgan fingerprint density at radius 1 is 1.60 bits per heavy atom. The van der Waals surface area contributed by atoms with E-state index in [0.717, 1.165) is 11.1 Å². The molecule has 2 rings (SSSR count). The van der Waals surface area contributed by atoms with Gasteiger partial charge in [0.25, 0.3) is 11.6 Å². The molecule has 8 heteroatoms. The molecule has 0 saturated heterocycles. The highest BCUT2D eigenvalue weighted by Gasteiger charge is 2.24. The van der Waals surface area contributed by atoms with Gasteiger partial charge in [-0.05, 0) is 17.5 Å². The highest BCUT2D eigenvalue weighted by molar-refractivity contribution is 7.09. The molecule has 0 aliphatic heterocycles. The van der Waals surface area contributed by atoms with E-state index in [9.17, 15) is 14.9 Å². The van der Waals surface area contributed by atoms with E-state index in [-0.39, 0.29) is 16.4 Å². The molecule has 2 aromatic rings. The summed E-state index contributed by atoms with van der Waals surface area (Å²) in [4.78, 5) is 28.6. The Kier molecular flexibility index (Phi) is 4.31. The number of carbonyl (C=O) groups is 1. The minimum atomic E-state index is -0.643. The first kappa shape index (κ1) is 14.4. The molecule has 2 aromatic heterocycles. The Labute approximate surface area is 123 Å². The van der Waals surface area contributed by atoms with Crippen molar-refractivity contribution in [2.24, 2.45) is 0 Å². The number of nitrogens with zero attached hydrogens (tertiary/aromatic N) is 3. The van der Waals surface area contributed by atoms with Crippen LogP contribution in [0.1, 0.15) is 15.2 Å². The van der Waals surface area contributed by atoms with Crippen molar-refractivity contribution in [1.29, 1.82) is 0 Å². The van der Waals surface area contributed by atoms with Gasteiger partial charge in [-0.2, -0.15) is 0 Å². The van der Waals surface area contributed by atoms with Gasteiger partial charge >= 0.3 is 0 Å². The van der Waals surface area contributed by atoms with Gasteiger partial charge in [0.05, 0.1) is 11.5 Å². The number of hydrogen-bond acceptors (Lipinski definition) is 5. The van der Waals surface area contributed by atoms with E-state index in [1.165, 1.54) is 22.3 Å². The lowest BCUT2D eigenvalue weighted by molar-refractivity contribution is -0.385. The van der Waals surface area contributed by atoms with Crippen molar-refractivity contribution in [2.45, 2.75) is 6.54 Å². The zero-order chi connectivity index (χ0) is 14.7.